The largest absolute Gasteiger partial charge is 0.491 e. The molecule has 1 saturated heterocycles. The molecular weight excluding hydrogens is 414 g/mol. The highest BCUT2D eigenvalue weighted by atomic mass is 16.5. The minimum atomic E-state index is -0.156. The van der Waals surface area contributed by atoms with Gasteiger partial charge in [-0.25, -0.2) is 0 Å². The molecule has 0 saturated carbocycles. The minimum absolute atomic E-state index is 0.156. The summed E-state index contributed by atoms with van der Waals surface area (Å²) in [4.78, 5) is 15.7. The average molecular weight is 446 g/mol. The van der Waals surface area contributed by atoms with Crippen molar-refractivity contribution in [2.24, 2.45) is 0 Å². The number of carbonyl (C=O) groups excluding carboxylic acids is 1. The van der Waals surface area contributed by atoms with Gasteiger partial charge in [-0.1, -0.05) is 12.1 Å². The zero-order valence-corrected chi connectivity index (χ0v) is 18.9. The standard InChI is InChI=1S/C26H31N5O2/c32-26(30-23-5-3-19-7-9-27-10-8-21(19)15-23)24-6-4-20(22-17-28-29-18-22)16-25(24)33-14-13-31-11-1-2-12-31/h3-6,15-18,27H,1-2,7-14H2,(H,28,29)(H,30,32). The predicted octanol–water partition coefficient (Wildman–Crippen LogP) is 3.49. The lowest BCUT2D eigenvalue weighted by atomic mass is 10.0. The molecule has 5 rings (SSSR count). The molecule has 1 fully saturated rings. The second-order valence-corrected chi connectivity index (χ2v) is 8.78. The van der Waals surface area contributed by atoms with Crippen LogP contribution in [0, 0.1) is 0 Å². The molecule has 0 spiro atoms. The van der Waals surface area contributed by atoms with Crippen molar-refractivity contribution in [1.29, 1.82) is 0 Å². The number of hydrogen-bond donors (Lipinski definition) is 3. The van der Waals surface area contributed by atoms with Crippen LogP contribution in [0.2, 0.25) is 0 Å². The molecular formula is C26H31N5O2. The van der Waals surface area contributed by atoms with Gasteiger partial charge in [-0.15, -0.1) is 0 Å². The maximum Gasteiger partial charge on any atom is 0.259 e. The number of rotatable bonds is 7. The molecule has 1 aromatic heterocycles. The summed E-state index contributed by atoms with van der Waals surface area (Å²) >= 11 is 0. The number of nitrogens with one attached hydrogen (secondary N) is 3. The van der Waals surface area contributed by atoms with E-state index >= 15 is 0 Å². The molecule has 2 aliphatic heterocycles. The Morgan fingerprint density at radius 2 is 1.88 bits per heavy atom. The summed E-state index contributed by atoms with van der Waals surface area (Å²) in [6.07, 6.45) is 8.11. The third kappa shape index (κ3) is 5.26. The SMILES string of the molecule is O=C(Nc1ccc2c(c1)CCNCC2)c1ccc(-c2cn[nH]c2)cc1OCCN1CCCC1. The molecule has 3 N–H and O–H groups in total. The summed E-state index contributed by atoms with van der Waals surface area (Å²) in [6, 6.07) is 12.0. The van der Waals surface area contributed by atoms with Crippen LogP contribution in [0.15, 0.2) is 48.8 Å². The maximum absolute atomic E-state index is 13.3. The topological polar surface area (TPSA) is 82.3 Å². The molecule has 3 aromatic rings. The molecule has 7 nitrogen and oxygen atoms in total. The van der Waals surface area contributed by atoms with Gasteiger partial charge < -0.3 is 15.4 Å². The van der Waals surface area contributed by atoms with E-state index in [-0.39, 0.29) is 5.91 Å². The quantitative estimate of drug-likeness (QED) is 0.519. The van der Waals surface area contributed by atoms with Gasteiger partial charge in [0.05, 0.1) is 11.8 Å². The highest BCUT2D eigenvalue weighted by Crippen LogP contribution is 2.28. The molecule has 3 heterocycles. The number of nitrogens with zero attached hydrogens (tertiary/aromatic N) is 2. The summed E-state index contributed by atoms with van der Waals surface area (Å²) in [7, 11) is 0. The van der Waals surface area contributed by atoms with Crippen molar-refractivity contribution in [3.05, 3.63) is 65.5 Å². The number of anilines is 1. The van der Waals surface area contributed by atoms with Crippen LogP contribution in [-0.4, -0.2) is 60.3 Å². The lowest BCUT2D eigenvalue weighted by molar-refractivity contribution is 0.102. The Morgan fingerprint density at radius 1 is 1.03 bits per heavy atom. The van der Waals surface area contributed by atoms with E-state index in [0.717, 1.165) is 62.4 Å². The van der Waals surface area contributed by atoms with E-state index in [9.17, 15) is 4.79 Å². The Kier molecular flexibility index (Phi) is 6.69. The molecule has 0 radical (unpaired) electrons. The Hall–Kier alpha value is -3.16. The van der Waals surface area contributed by atoms with Crippen molar-refractivity contribution in [1.82, 2.24) is 20.4 Å². The highest BCUT2D eigenvalue weighted by Gasteiger charge is 2.17. The van der Waals surface area contributed by atoms with Crippen LogP contribution in [0.5, 0.6) is 5.75 Å². The number of fused-ring (bicyclic) bond motifs is 1. The molecule has 0 aliphatic carbocycles. The molecule has 0 bridgehead atoms. The van der Waals surface area contributed by atoms with Crippen LogP contribution in [0.1, 0.15) is 34.3 Å². The van der Waals surface area contributed by atoms with Crippen LogP contribution < -0.4 is 15.4 Å². The first kappa shape index (κ1) is 21.7. The Morgan fingerprint density at radius 3 is 2.70 bits per heavy atom. The van der Waals surface area contributed by atoms with Gasteiger partial charge in [0.15, 0.2) is 0 Å². The number of amides is 1. The van der Waals surface area contributed by atoms with Gasteiger partial charge in [0.1, 0.15) is 12.4 Å². The van der Waals surface area contributed by atoms with Crippen LogP contribution in [-0.2, 0) is 12.8 Å². The first-order chi connectivity index (χ1) is 16.3. The van der Waals surface area contributed by atoms with E-state index in [4.69, 9.17) is 4.74 Å². The number of ether oxygens (including phenoxy) is 1. The van der Waals surface area contributed by atoms with E-state index in [2.05, 4.69) is 37.9 Å². The Labute approximate surface area is 194 Å². The second kappa shape index (κ2) is 10.2. The Balaban J connectivity index is 1.35. The number of hydrogen-bond acceptors (Lipinski definition) is 5. The first-order valence-electron chi connectivity index (χ1n) is 11.9. The van der Waals surface area contributed by atoms with Gasteiger partial charge in [0, 0.05) is 24.0 Å². The van der Waals surface area contributed by atoms with Crippen molar-refractivity contribution >= 4 is 11.6 Å². The molecule has 0 unspecified atom stereocenters. The molecule has 1 amide bonds. The monoisotopic (exact) mass is 445 g/mol. The smallest absolute Gasteiger partial charge is 0.259 e. The summed E-state index contributed by atoms with van der Waals surface area (Å²) < 4.78 is 6.16. The van der Waals surface area contributed by atoms with Crippen LogP contribution in [0.25, 0.3) is 11.1 Å². The van der Waals surface area contributed by atoms with Crippen molar-refractivity contribution in [3.63, 3.8) is 0 Å². The number of aromatic nitrogens is 2. The predicted molar refractivity (Wildman–Crippen MR) is 130 cm³/mol. The number of likely N-dealkylation sites (tertiary alicyclic amines) is 1. The number of aromatic amines is 1. The van der Waals surface area contributed by atoms with Gasteiger partial charge in [0.25, 0.3) is 5.91 Å². The van der Waals surface area contributed by atoms with Crippen LogP contribution in [0.4, 0.5) is 5.69 Å². The normalized spacial score (nSPS) is 16.2. The van der Waals surface area contributed by atoms with Gasteiger partial charge >= 0.3 is 0 Å². The number of carbonyl (C=O) groups is 1. The average Bonchev–Trinajstić information content (AvgIpc) is 3.50. The fourth-order valence-electron chi connectivity index (χ4n) is 4.66. The highest BCUT2D eigenvalue weighted by molar-refractivity contribution is 6.06. The van der Waals surface area contributed by atoms with Crippen LogP contribution in [0.3, 0.4) is 0 Å². The fourth-order valence-corrected chi connectivity index (χ4v) is 4.66. The first-order valence-corrected chi connectivity index (χ1v) is 11.9. The van der Waals surface area contributed by atoms with E-state index in [1.54, 1.807) is 6.20 Å². The van der Waals surface area contributed by atoms with E-state index in [1.807, 2.05) is 30.5 Å². The Bertz CT molecular complexity index is 1090. The molecule has 7 heteroatoms. The summed E-state index contributed by atoms with van der Waals surface area (Å²) in [5.41, 5.74) is 5.95. The zero-order valence-electron chi connectivity index (χ0n) is 18.9. The van der Waals surface area contributed by atoms with Crippen molar-refractivity contribution in [2.45, 2.75) is 25.7 Å². The van der Waals surface area contributed by atoms with E-state index in [0.29, 0.717) is 17.9 Å². The second-order valence-electron chi connectivity index (χ2n) is 8.78. The third-order valence-corrected chi connectivity index (χ3v) is 6.53. The molecule has 33 heavy (non-hydrogen) atoms. The summed E-state index contributed by atoms with van der Waals surface area (Å²) in [6.45, 7) is 5.64. The van der Waals surface area contributed by atoms with Crippen LogP contribution >= 0.6 is 0 Å². The van der Waals surface area contributed by atoms with Gasteiger partial charge in [-0.05, 0) is 92.8 Å². The molecule has 172 valence electrons. The van der Waals surface area contributed by atoms with Crippen molar-refractivity contribution in [3.8, 4) is 16.9 Å². The summed E-state index contributed by atoms with van der Waals surface area (Å²) in [5.74, 6) is 0.445. The van der Waals surface area contributed by atoms with E-state index < -0.39 is 0 Å². The zero-order chi connectivity index (χ0) is 22.5. The lowest BCUT2D eigenvalue weighted by Crippen LogP contribution is -2.25. The lowest BCUT2D eigenvalue weighted by Gasteiger charge is -2.17. The minimum Gasteiger partial charge on any atom is -0.491 e. The molecule has 2 aromatic carbocycles. The van der Waals surface area contributed by atoms with Gasteiger partial charge in [-0.2, -0.15) is 5.10 Å². The molecule has 2 aliphatic rings. The fraction of sp³-hybridized carbons (Fsp3) is 0.385. The van der Waals surface area contributed by atoms with Gasteiger partial charge in [0.2, 0.25) is 0 Å². The summed E-state index contributed by atoms with van der Waals surface area (Å²) in [5, 5.41) is 13.4. The van der Waals surface area contributed by atoms with E-state index in [1.165, 1.54) is 24.0 Å². The molecule has 0 atom stereocenters. The van der Waals surface area contributed by atoms with Gasteiger partial charge in [-0.3, -0.25) is 14.8 Å². The van der Waals surface area contributed by atoms with Crippen molar-refractivity contribution < 1.29 is 9.53 Å². The number of benzene rings is 2. The number of H-pyrrole nitrogens is 1. The van der Waals surface area contributed by atoms with Crippen molar-refractivity contribution in [2.75, 3.05) is 44.6 Å². The third-order valence-electron chi connectivity index (χ3n) is 6.53. The maximum atomic E-state index is 13.3.